The van der Waals surface area contributed by atoms with Crippen molar-refractivity contribution < 1.29 is 129 Å². The molecule has 6 unspecified atom stereocenters. The van der Waals surface area contributed by atoms with Crippen LogP contribution >= 0.6 is 0 Å². The van der Waals surface area contributed by atoms with Gasteiger partial charge in [-0.2, -0.15) is 0 Å². The van der Waals surface area contributed by atoms with Crippen molar-refractivity contribution in [1.82, 2.24) is 0 Å². The zero-order chi connectivity index (χ0) is 71.5. The van der Waals surface area contributed by atoms with Crippen molar-refractivity contribution in [3.8, 4) is 0 Å². The maximum atomic E-state index is 13.5. The first-order chi connectivity index (χ1) is 47.1. The molecule has 0 amide bonds. The molecule has 0 aliphatic carbocycles. The molecule has 5 heterocycles. The normalized spacial score (nSPS) is 35.2. The van der Waals surface area contributed by atoms with Crippen molar-refractivity contribution in [2.45, 2.75) is 405 Å². The number of aliphatic hydroxyl groups excluding tert-OH is 16. The van der Waals surface area contributed by atoms with E-state index in [0.29, 0.717) is 38.5 Å². The molecule has 0 spiro atoms. The maximum Gasteiger partial charge on any atom is 0.308 e. The van der Waals surface area contributed by atoms with Gasteiger partial charge < -0.3 is 120 Å². The van der Waals surface area contributed by atoms with Crippen molar-refractivity contribution in [2.24, 2.45) is 11.8 Å². The largest absolute Gasteiger partial charge is 0.463 e. The van der Waals surface area contributed by atoms with Crippen LogP contribution in [0.1, 0.15) is 258 Å². The molecule has 98 heavy (non-hydrogen) atoms. The van der Waals surface area contributed by atoms with E-state index in [-0.39, 0.29) is 36.9 Å². The first-order valence-corrected chi connectivity index (χ1v) is 38.0. The highest BCUT2D eigenvalue weighted by Gasteiger charge is 2.50. The number of unbranched alkanes of at least 4 members (excludes halogenated alkanes) is 24. The minimum Gasteiger partial charge on any atom is -0.463 e. The van der Waals surface area contributed by atoms with Crippen LogP contribution in [-0.2, 0) is 47.5 Å². The summed E-state index contributed by atoms with van der Waals surface area (Å²) in [7, 11) is 0. The smallest absolute Gasteiger partial charge is 0.308 e. The van der Waals surface area contributed by atoms with Crippen LogP contribution in [0.25, 0.3) is 0 Å². The Bertz CT molecular complexity index is 1920. The van der Waals surface area contributed by atoms with Crippen LogP contribution in [0, 0.1) is 11.8 Å². The van der Waals surface area contributed by atoms with Gasteiger partial charge in [0.05, 0.1) is 62.7 Å². The van der Waals surface area contributed by atoms with Crippen LogP contribution in [0.2, 0.25) is 0 Å². The van der Waals surface area contributed by atoms with E-state index >= 15 is 0 Å². The first-order valence-electron chi connectivity index (χ1n) is 38.0. The summed E-state index contributed by atoms with van der Waals surface area (Å²) in [5, 5.41) is 168. The summed E-state index contributed by atoms with van der Waals surface area (Å²) in [6.07, 6.45) is 0.459. The SMILES string of the molecule is CC(O)CCCCCC(CCCCCCCCCCCCCC1CC(=O)OC[C@H]2O[C@@H](OC(CCCCCCCCCCCCCC(CCCCCC(C)O)[C@@H]3O[C@H](CO)[C@@H](O)[C@H](O)[C@H]3O)CC(=O)OC[C@H]3O[C@@H](O1)[C@H](O)[C@@H](O)[C@@H]3O)[C@H](O)[C@@H](O)[C@@H]2O)[C@@H]1O[C@H](CO)[C@@H](O)[C@H](O)[C@H]1O. The average molecular weight is 1410 g/mol. The van der Waals surface area contributed by atoms with Crippen LogP contribution in [0.15, 0.2) is 0 Å². The molecule has 4 bridgehead atoms. The van der Waals surface area contributed by atoms with E-state index in [0.717, 1.165) is 193 Å². The summed E-state index contributed by atoms with van der Waals surface area (Å²) >= 11 is 0. The van der Waals surface area contributed by atoms with Crippen LogP contribution in [0.4, 0.5) is 0 Å². The Hall–Kier alpha value is -1.94. The Morgan fingerprint density at radius 1 is 0.316 bits per heavy atom. The fraction of sp³-hybridized carbons (Fsp3) is 0.972. The number of rotatable bonds is 44. The summed E-state index contributed by atoms with van der Waals surface area (Å²) in [6.45, 7) is 1.52. The molecule has 26 atom stereocenters. The minimum atomic E-state index is -1.76. The molecule has 0 saturated carbocycles. The molecule has 5 saturated heterocycles. The number of aliphatic hydroxyl groups is 16. The fourth-order valence-electron chi connectivity index (χ4n) is 14.8. The second-order valence-electron chi connectivity index (χ2n) is 29.3. The van der Waals surface area contributed by atoms with Gasteiger partial charge in [0.15, 0.2) is 12.6 Å². The van der Waals surface area contributed by atoms with E-state index in [9.17, 15) is 91.3 Å². The van der Waals surface area contributed by atoms with Gasteiger partial charge in [0.1, 0.15) is 111 Å². The van der Waals surface area contributed by atoms with Gasteiger partial charge in [0, 0.05) is 0 Å². The molecule has 576 valence electrons. The van der Waals surface area contributed by atoms with Crippen molar-refractivity contribution in [3.63, 3.8) is 0 Å². The third-order valence-electron chi connectivity index (χ3n) is 21.0. The molecule has 0 aromatic carbocycles. The highest BCUT2D eigenvalue weighted by molar-refractivity contribution is 5.70. The predicted octanol–water partition coefficient (Wildman–Crippen LogP) is 3.97. The lowest BCUT2D eigenvalue weighted by molar-refractivity contribution is -0.316. The lowest BCUT2D eigenvalue weighted by atomic mass is 9.82. The molecule has 26 nitrogen and oxygen atoms in total. The number of hydrogen-bond acceptors (Lipinski definition) is 26. The quantitative estimate of drug-likeness (QED) is 0.0303. The summed E-state index contributed by atoms with van der Waals surface area (Å²) in [5.74, 6) is -1.66. The molecule has 5 fully saturated rings. The molecule has 5 aliphatic heterocycles. The second-order valence-corrected chi connectivity index (χ2v) is 29.3. The Kier molecular flexibility index (Phi) is 42.7. The average Bonchev–Trinajstić information content (AvgIpc) is 0.833. The van der Waals surface area contributed by atoms with Crippen LogP contribution < -0.4 is 0 Å². The molecule has 0 radical (unpaired) electrons. The lowest BCUT2D eigenvalue weighted by Gasteiger charge is -2.43. The topological polar surface area (TPSA) is 432 Å². The summed E-state index contributed by atoms with van der Waals surface area (Å²) in [4.78, 5) is 27.1. The molecular weight excluding hydrogens is 1280 g/mol. The number of ether oxygens (including phenoxy) is 8. The van der Waals surface area contributed by atoms with Crippen molar-refractivity contribution in [3.05, 3.63) is 0 Å². The zero-order valence-electron chi connectivity index (χ0n) is 58.9. The van der Waals surface area contributed by atoms with E-state index in [1.807, 2.05) is 0 Å². The van der Waals surface area contributed by atoms with Gasteiger partial charge in [-0.3, -0.25) is 9.59 Å². The number of hydrogen-bond donors (Lipinski definition) is 16. The van der Waals surface area contributed by atoms with E-state index in [4.69, 9.17) is 37.9 Å². The van der Waals surface area contributed by atoms with Crippen molar-refractivity contribution in [2.75, 3.05) is 26.4 Å². The lowest BCUT2D eigenvalue weighted by Crippen LogP contribution is -2.60. The summed E-state index contributed by atoms with van der Waals surface area (Å²) < 4.78 is 47.3. The van der Waals surface area contributed by atoms with Crippen molar-refractivity contribution in [1.29, 1.82) is 0 Å². The van der Waals surface area contributed by atoms with E-state index in [1.165, 1.54) is 0 Å². The Morgan fingerprint density at radius 3 is 0.878 bits per heavy atom. The summed E-state index contributed by atoms with van der Waals surface area (Å²) in [5.41, 5.74) is 0. The maximum absolute atomic E-state index is 13.5. The monoisotopic (exact) mass is 1410 g/mol. The van der Waals surface area contributed by atoms with Crippen LogP contribution in [-0.4, -0.2) is 267 Å². The van der Waals surface area contributed by atoms with Gasteiger partial charge in [-0.15, -0.1) is 0 Å². The van der Waals surface area contributed by atoms with Crippen LogP contribution in [0.3, 0.4) is 0 Å². The third kappa shape index (κ3) is 30.3. The van der Waals surface area contributed by atoms with Gasteiger partial charge in [0.25, 0.3) is 0 Å². The minimum absolute atomic E-state index is 0.0597. The molecular formula is C72H132O26. The molecule has 0 aromatic rings. The molecule has 5 rings (SSSR count). The highest BCUT2D eigenvalue weighted by atomic mass is 16.7. The van der Waals surface area contributed by atoms with E-state index < -0.39 is 173 Å². The highest BCUT2D eigenvalue weighted by Crippen LogP contribution is 2.36. The van der Waals surface area contributed by atoms with Crippen molar-refractivity contribution >= 4 is 11.9 Å². The van der Waals surface area contributed by atoms with Gasteiger partial charge in [0.2, 0.25) is 0 Å². The number of carbonyl (C=O) groups excluding carboxylic acids is 2. The first kappa shape index (κ1) is 86.7. The Labute approximate surface area is 582 Å². The van der Waals surface area contributed by atoms with Crippen LogP contribution in [0.5, 0.6) is 0 Å². The molecule has 0 aromatic heterocycles. The zero-order valence-corrected chi connectivity index (χ0v) is 58.9. The number of esters is 2. The summed E-state index contributed by atoms with van der Waals surface area (Å²) in [6, 6.07) is 0. The molecule has 5 aliphatic rings. The second kappa shape index (κ2) is 48.2. The van der Waals surface area contributed by atoms with E-state index in [2.05, 4.69) is 0 Å². The Morgan fingerprint density at radius 2 is 0.582 bits per heavy atom. The standard InChI is InChI=1S/C72H132O26/c1-45(75)31-23-21-27-35-47(69-65(87)61(83)57(79)51(41-73)95-69)33-25-17-13-9-5-3-7-11-15-19-29-37-49-39-55(77)91-43-54-60(82)64(86)68(90)72(98-54)94-50(40-56(78)92-44-53-59(81)63(85)67(89)71(93-49)97-53)38-30-20-16-12-8-4-6-10-14-18-26-34-48(36-28-22-24-32-46(2)76)70-66(88)62(84)58(80)52(42-74)96-70/h45-54,57-76,79-90H,3-44H2,1-2H3/t45?,46?,47?,48?,49?,50?,51-,52-,53-,54-,57-,58-,59-,60-,61+,62+,63+,64+,65-,66-,67-,68-,69+,70+,71-,72-/m1/s1. The molecule has 26 heteroatoms. The number of cyclic esters (lactones) is 2. The van der Waals surface area contributed by atoms with Gasteiger partial charge in [-0.25, -0.2) is 0 Å². The fourth-order valence-corrected chi connectivity index (χ4v) is 14.8. The third-order valence-corrected chi connectivity index (χ3v) is 21.0. The predicted molar refractivity (Wildman–Crippen MR) is 358 cm³/mol. The van der Waals surface area contributed by atoms with Gasteiger partial charge in [-0.05, 0) is 77.0 Å². The number of carbonyl (C=O) groups is 2. The van der Waals surface area contributed by atoms with E-state index in [1.54, 1.807) is 13.8 Å². The van der Waals surface area contributed by atoms with Gasteiger partial charge >= 0.3 is 11.9 Å². The van der Waals surface area contributed by atoms with Gasteiger partial charge in [-0.1, -0.05) is 180 Å². The Balaban J connectivity index is 1.02. The number of fused-ring (bicyclic) bond motifs is 4. The molecule has 16 N–H and O–H groups in total.